The van der Waals surface area contributed by atoms with Crippen molar-refractivity contribution >= 4 is 16.9 Å². The Hall–Kier alpha value is -2.55. The topological polar surface area (TPSA) is 42.1 Å². The largest absolute Gasteiger partial charge is 0.454 e. The number of esters is 1. The summed E-state index contributed by atoms with van der Waals surface area (Å²) < 4.78 is 5.61. The van der Waals surface area contributed by atoms with Crippen molar-refractivity contribution in [3.8, 4) is 0 Å². The third-order valence-corrected chi connectivity index (χ3v) is 3.65. The molecule has 0 saturated carbocycles. The highest BCUT2D eigenvalue weighted by Gasteiger charge is 2.19. The number of para-hydroxylation sites is 1. The summed E-state index contributed by atoms with van der Waals surface area (Å²) >= 11 is 0. The number of nitrogens with one attached hydrogen (secondary N) is 1. The molecule has 1 N–H and O–H groups in total. The zero-order chi connectivity index (χ0) is 14.8. The number of hydrogen-bond donors (Lipinski definition) is 1. The van der Waals surface area contributed by atoms with Gasteiger partial charge in [-0.15, -0.1) is 0 Å². The zero-order valence-corrected chi connectivity index (χ0v) is 12.1. The van der Waals surface area contributed by atoms with E-state index in [1.165, 1.54) is 0 Å². The van der Waals surface area contributed by atoms with E-state index in [0.717, 1.165) is 22.2 Å². The van der Waals surface area contributed by atoms with Crippen LogP contribution < -0.4 is 0 Å². The highest BCUT2D eigenvalue weighted by molar-refractivity contribution is 6.05. The van der Waals surface area contributed by atoms with E-state index in [2.05, 4.69) is 4.98 Å². The number of carbonyl (C=O) groups excluding carboxylic acids is 1. The molecule has 1 atom stereocenters. The van der Waals surface area contributed by atoms with Crippen LogP contribution in [0, 0.1) is 6.92 Å². The Labute approximate surface area is 130 Å². The van der Waals surface area contributed by atoms with Gasteiger partial charge >= 0.3 is 5.97 Å². The van der Waals surface area contributed by atoms with E-state index >= 15 is 0 Å². The molecule has 0 radical (unpaired) electrons. The summed E-state index contributed by atoms with van der Waals surface area (Å²) in [7, 11) is 0. The summed E-state index contributed by atoms with van der Waals surface area (Å²) in [5.41, 5.74) is 3.40. The van der Waals surface area contributed by atoms with E-state index in [-0.39, 0.29) is 19.5 Å². The molecule has 0 aliphatic carbocycles. The van der Waals surface area contributed by atoms with E-state index in [1.807, 2.05) is 68.4 Å². The van der Waals surface area contributed by atoms with Gasteiger partial charge in [0.2, 0.25) is 0 Å². The molecule has 22 heavy (non-hydrogen) atoms. The van der Waals surface area contributed by atoms with Gasteiger partial charge in [-0.3, -0.25) is 0 Å². The van der Waals surface area contributed by atoms with Crippen LogP contribution in [0.5, 0.6) is 0 Å². The van der Waals surface area contributed by atoms with Crippen LogP contribution in [0.4, 0.5) is 0 Å². The van der Waals surface area contributed by atoms with Crippen molar-refractivity contribution in [2.45, 2.75) is 27.4 Å². The molecule has 3 nitrogen and oxygen atoms in total. The maximum absolute atomic E-state index is 12.5. The molecule has 1 unspecified atom stereocenters. The minimum Gasteiger partial charge on any atom is -0.454 e. The van der Waals surface area contributed by atoms with Gasteiger partial charge in [0.05, 0.1) is 5.56 Å². The molecule has 0 aliphatic rings. The molecule has 0 aliphatic heterocycles. The second-order valence-electron chi connectivity index (χ2n) is 5.13. The summed E-state index contributed by atoms with van der Waals surface area (Å²) in [4.78, 5) is 15.7. The van der Waals surface area contributed by atoms with E-state index in [1.54, 1.807) is 0 Å². The molecule has 2 aromatic carbocycles. The van der Waals surface area contributed by atoms with Gasteiger partial charge in [-0.1, -0.05) is 56.0 Å². The van der Waals surface area contributed by atoms with Crippen molar-refractivity contribution in [1.82, 2.24) is 4.98 Å². The summed E-state index contributed by atoms with van der Waals surface area (Å²) in [5, 5.41) is 0.903. The Bertz CT molecular complexity index is 774. The molecule has 3 aromatic rings. The summed E-state index contributed by atoms with van der Waals surface area (Å²) in [6.07, 6.45) is -0.272. The van der Waals surface area contributed by atoms with Crippen LogP contribution in [0.2, 0.25) is 0 Å². The van der Waals surface area contributed by atoms with Crippen molar-refractivity contribution in [3.63, 3.8) is 0 Å². The third-order valence-electron chi connectivity index (χ3n) is 3.65. The molecule has 1 heterocycles. The minimum absolute atomic E-state index is 0. The smallest absolute Gasteiger partial charge is 0.341 e. The number of ether oxygens (including phenoxy) is 1. The summed E-state index contributed by atoms with van der Waals surface area (Å²) in [5.74, 6) is -0.290. The van der Waals surface area contributed by atoms with Gasteiger partial charge in [-0.05, 0) is 25.5 Å². The number of aromatic nitrogens is 1. The molecule has 3 heteroatoms. The molecule has 0 bridgehead atoms. The van der Waals surface area contributed by atoms with E-state index in [0.29, 0.717) is 5.56 Å². The second-order valence-corrected chi connectivity index (χ2v) is 5.13. The maximum Gasteiger partial charge on any atom is 0.341 e. The lowest BCUT2D eigenvalue weighted by molar-refractivity contribution is 0.0339. The number of carbonyl (C=O) groups is 1. The van der Waals surface area contributed by atoms with Crippen LogP contribution in [0.1, 0.15) is 42.1 Å². The van der Waals surface area contributed by atoms with Crippen LogP contribution in [-0.2, 0) is 4.74 Å². The fraction of sp³-hybridized carbons (Fsp3) is 0.211. The van der Waals surface area contributed by atoms with Crippen molar-refractivity contribution in [2.24, 2.45) is 0 Å². The average Bonchev–Trinajstić information content (AvgIpc) is 2.83. The van der Waals surface area contributed by atoms with Gasteiger partial charge in [-0.25, -0.2) is 4.79 Å². The van der Waals surface area contributed by atoms with Gasteiger partial charge in [0, 0.05) is 16.6 Å². The summed E-state index contributed by atoms with van der Waals surface area (Å²) in [6.45, 7) is 3.78. The molecule has 0 fully saturated rings. The zero-order valence-electron chi connectivity index (χ0n) is 12.1. The Morgan fingerprint density at radius 1 is 1.05 bits per heavy atom. The monoisotopic (exact) mass is 295 g/mol. The number of H-pyrrole nitrogens is 1. The number of fused-ring (bicyclic) bond motifs is 1. The number of benzene rings is 2. The van der Waals surface area contributed by atoms with Crippen molar-refractivity contribution in [3.05, 3.63) is 71.4 Å². The van der Waals surface area contributed by atoms with Crippen LogP contribution in [0.15, 0.2) is 54.6 Å². The van der Waals surface area contributed by atoms with Crippen LogP contribution in [0.25, 0.3) is 10.9 Å². The van der Waals surface area contributed by atoms with Crippen LogP contribution in [0.3, 0.4) is 0 Å². The first-order chi connectivity index (χ1) is 10.2. The second kappa shape index (κ2) is 6.48. The first kappa shape index (κ1) is 15.8. The number of rotatable bonds is 3. The van der Waals surface area contributed by atoms with E-state index in [9.17, 15) is 4.79 Å². The normalized spacial score (nSPS) is 11.7. The lowest BCUT2D eigenvalue weighted by Gasteiger charge is -2.13. The quantitative estimate of drug-likeness (QED) is 0.688. The molecule has 0 spiro atoms. The van der Waals surface area contributed by atoms with Crippen molar-refractivity contribution < 1.29 is 9.53 Å². The SMILES string of the molecule is C.Cc1[nH]c2ccccc2c1C(=O)OC(C)c1ccccc1. The Morgan fingerprint density at radius 3 is 2.41 bits per heavy atom. The maximum atomic E-state index is 12.5. The Morgan fingerprint density at radius 2 is 1.68 bits per heavy atom. The van der Waals surface area contributed by atoms with Crippen molar-refractivity contribution in [1.29, 1.82) is 0 Å². The average molecular weight is 295 g/mol. The minimum atomic E-state index is -0.290. The van der Waals surface area contributed by atoms with Gasteiger partial charge in [-0.2, -0.15) is 0 Å². The van der Waals surface area contributed by atoms with Gasteiger partial charge in [0.15, 0.2) is 0 Å². The predicted molar refractivity (Wildman–Crippen MR) is 90.0 cm³/mol. The fourth-order valence-corrected chi connectivity index (χ4v) is 2.55. The highest BCUT2D eigenvalue weighted by Crippen LogP contribution is 2.25. The molecule has 3 rings (SSSR count). The predicted octanol–water partition coefficient (Wildman–Crippen LogP) is 5.03. The molecule has 114 valence electrons. The van der Waals surface area contributed by atoms with Crippen molar-refractivity contribution in [2.75, 3.05) is 0 Å². The molecule has 0 saturated heterocycles. The lowest BCUT2D eigenvalue weighted by Crippen LogP contribution is -2.10. The molecular weight excluding hydrogens is 274 g/mol. The highest BCUT2D eigenvalue weighted by atomic mass is 16.5. The molecular formula is C19H21NO2. The number of aromatic amines is 1. The van der Waals surface area contributed by atoms with Crippen LogP contribution in [-0.4, -0.2) is 11.0 Å². The lowest BCUT2D eigenvalue weighted by atomic mass is 10.1. The first-order valence-corrected chi connectivity index (χ1v) is 7.00. The number of hydrogen-bond acceptors (Lipinski definition) is 2. The van der Waals surface area contributed by atoms with E-state index in [4.69, 9.17) is 4.74 Å². The number of aryl methyl sites for hydroxylation is 1. The first-order valence-electron chi connectivity index (χ1n) is 7.00. The van der Waals surface area contributed by atoms with Gasteiger partial charge in [0.25, 0.3) is 0 Å². The molecule has 0 amide bonds. The Kier molecular flexibility index (Phi) is 4.66. The third kappa shape index (κ3) is 2.89. The summed E-state index contributed by atoms with van der Waals surface area (Å²) in [6, 6.07) is 17.5. The van der Waals surface area contributed by atoms with Crippen LogP contribution >= 0.6 is 0 Å². The standard InChI is InChI=1S/C18H17NO2.CH4/c1-12-17(15-10-6-7-11-16(15)19-12)18(20)21-13(2)14-8-4-3-5-9-14;/h3-11,13,19H,1-2H3;1H4. The van der Waals surface area contributed by atoms with Gasteiger partial charge < -0.3 is 9.72 Å². The molecule has 1 aromatic heterocycles. The van der Waals surface area contributed by atoms with E-state index < -0.39 is 0 Å². The fourth-order valence-electron chi connectivity index (χ4n) is 2.55. The Balaban J connectivity index is 0.00000176. The van der Waals surface area contributed by atoms with Gasteiger partial charge in [0.1, 0.15) is 6.10 Å².